The van der Waals surface area contributed by atoms with Crippen molar-refractivity contribution in [1.29, 1.82) is 0 Å². The van der Waals surface area contributed by atoms with Gasteiger partial charge < -0.3 is 20.7 Å². The van der Waals surface area contributed by atoms with E-state index < -0.39 is 0 Å². The van der Waals surface area contributed by atoms with E-state index in [2.05, 4.69) is 16.0 Å². The average Bonchev–Trinajstić information content (AvgIpc) is 2.47. The normalized spacial score (nSPS) is 17.7. The van der Waals surface area contributed by atoms with Crippen LogP contribution >= 0.6 is 12.2 Å². The van der Waals surface area contributed by atoms with Crippen LogP contribution in [-0.2, 0) is 4.79 Å². The second kappa shape index (κ2) is 6.36. The highest BCUT2D eigenvalue weighted by Crippen LogP contribution is 2.32. The average molecular weight is 319 g/mol. The molecule has 3 N–H and O–H groups in total. The Balaban J connectivity index is 2.58. The highest BCUT2D eigenvalue weighted by Gasteiger charge is 2.30. The fourth-order valence-electron chi connectivity index (χ4n) is 2.71. The predicted octanol–water partition coefficient (Wildman–Crippen LogP) is 1.85. The van der Waals surface area contributed by atoms with Crippen LogP contribution in [0, 0.1) is 13.8 Å². The number of thiocarbonyl (C=S) groups is 1. The Kier molecular flexibility index (Phi) is 4.71. The first kappa shape index (κ1) is 16.3. The SMILES string of the molecule is CNC(=O)C1=C(C)NC(=S)N[C@@H]1c1cc(C)c(OC)cc1C. The Hall–Kier alpha value is -2.08. The van der Waals surface area contributed by atoms with Crippen molar-refractivity contribution in [1.82, 2.24) is 16.0 Å². The standard InChI is InChI=1S/C16H21N3O2S/c1-8-7-12(21-5)9(2)6-11(8)14-13(15(20)17-4)10(3)18-16(22)19-14/h6-7,14H,1-5H3,(H,17,20)(H2,18,19,22)/t14-/m1/s1. The molecule has 1 aromatic carbocycles. The van der Waals surface area contributed by atoms with Gasteiger partial charge in [-0.25, -0.2) is 0 Å². The second-order valence-corrected chi connectivity index (χ2v) is 5.74. The molecule has 0 radical (unpaired) electrons. The third kappa shape index (κ3) is 2.92. The molecule has 1 amide bonds. The van der Waals surface area contributed by atoms with Crippen molar-refractivity contribution < 1.29 is 9.53 Å². The van der Waals surface area contributed by atoms with Gasteiger partial charge in [0, 0.05) is 12.7 Å². The van der Waals surface area contributed by atoms with Crippen molar-refractivity contribution in [3.63, 3.8) is 0 Å². The summed E-state index contributed by atoms with van der Waals surface area (Å²) in [7, 11) is 3.28. The smallest absolute Gasteiger partial charge is 0.251 e. The van der Waals surface area contributed by atoms with E-state index in [4.69, 9.17) is 17.0 Å². The molecule has 6 heteroatoms. The Labute approximate surface area is 136 Å². The van der Waals surface area contributed by atoms with E-state index in [-0.39, 0.29) is 11.9 Å². The molecular formula is C16H21N3O2S. The van der Waals surface area contributed by atoms with Gasteiger partial charge in [-0.05, 0) is 61.8 Å². The number of carbonyl (C=O) groups excluding carboxylic acids is 1. The van der Waals surface area contributed by atoms with Crippen molar-refractivity contribution >= 4 is 23.2 Å². The zero-order chi connectivity index (χ0) is 16.4. The molecule has 0 unspecified atom stereocenters. The number of methoxy groups -OCH3 is 1. The lowest BCUT2D eigenvalue weighted by Gasteiger charge is -2.31. The monoisotopic (exact) mass is 319 g/mol. The summed E-state index contributed by atoms with van der Waals surface area (Å²) in [6, 6.07) is 3.74. The number of nitrogens with one attached hydrogen (secondary N) is 3. The quantitative estimate of drug-likeness (QED) is 0.742. The molecule has 0 bridgehead atoms. The van der Waals surface area contributed by atoms with Crippen LogP contribution in [0.5, 0.6) is 5.75 Å². The Morgan fingerprint density at radius 2 is 1.95 bits per heavy atom. The van der Waals surface area contributed by atoms with Crippen molar-refractivity contribution in [3.8, 4) is 5.75 Å². The maximum Gasteiger partial charge on any atom is 0.251 e. The fourth-order valence-corrected chi connectivity index (χ4v) is 2.98. The number of hydrogen-bond acceptors (Lipinski definition) is 3. The summed E-state index contributed by atoms with van der Waals surface area (Å²) in [6.45, 7) is 5.84. The van der Waals surface area contributed by atoms with Crippen LogP contribution in [0.25, 0.3) is 0 Å². The second-order valence-electron chi connectivity index (χ2n) is 5.33. The number of rotatable bonds is 3. The minimum atomic E-state index is -0.279. The molecule has 1 aromatic rings. The van der Waals surface area contributed by atoms with Crippen molar-refractivity contribution in [2.75, 3.05) is 14.2 Å². The lowest BCUT2D eigenvalue weighted by molar-refractivity contribution is -0.117. The van der Waals surface area contributed by atoms with Gasteiger partial charge in [-0.1, -0.05) is 0 Å². The summed E-state index contributed by atoms with van der Waals surface area (Å²) in [5.41, 5.74) is 4.48. The van der Waals surface area contributed by atoms with E-state index in [0.717, 1.165) is 28.1 Å². The first-order valence-electron chi connectivity index (χ1n) is 7.04. The molecule has 0 saturated heterocycles. The molecule has 1 heterocycles. The van der Waals surface area contributed by atoms with Gasteiger partial charge >= 0.3 is 0 Å². The minimum Gasteiger partial charge on any atom is -0.496 e. The fraction of sp³-hybridized carbons (Fsp3) is 0.375. The summed E-state index contributed by atoms with van der Waals surface area (Å²) in [5, 5.41) is 9.42. The zero-order valence-corrected chi connectivity index (χ0v) is 14.3. The first-order chi connectivity index (χ1) is 10.4. The number of benzene rings is 1. The largest absolute Gasteiger partial charge is 0.496 e. The molecule has 1 aliphatic heterocycles. The lowest BCUT2D eigenvalue weighted by Crippen LogP contribution is -2.46. The van der Waals surface area contributed by atoms with Crippen LogP contribution in [0.3, 0.4) is 0 Å². The number of hydrogen-bond donors (Lipinski definition) is 3. The number of amides is 1. The molecule has 0 spiro atoms. The Morgan fingerprint density at radius 1 is 1.27 bits per heavy atom. The van der Waals surface area contributed by atoms with E-state index in [0.29, 0.717) is 10.7 Å². The predicted molar refractivity (Wildman–Crippen MR) is 90.8 cm³/mol. The van der Waals surface area contributed by atoms with Gasteiger partial charge in [0.05, 0.1) is 18.7 Å². The maximum absolute atomic E-state index is 12.3. The topological polar surface area (TPSA) is 62.4 Å². The van der Waals surface area contributed by atoms with Gasteiger partial charge in [0.2, 0.25) is 0 Å². The van der Waals surface area contributed by atoms with E-state index >= 15 is 0 Å². The molecule has 118 valence electrons. The molecule has 0 saturated carbocycles. The first-order valence-corrected chi connectivity index (χ1v) is 7.45. The van der Waals surface area contributed by atoms with E-state index in [9.17, 15) is 4.79 Å². The highest BCUT2D eigenvalue weighted by atomic mass is 32.1. The molecule has 0 aromatic heterocycles. The maximum atomic E-state index is 12.3. The Bertz CT molecular complexity index is 668. The summed E-state index contributed by atoms with van der Waals surface area (Å²) in [5.74, 6) is 0.706. The molecule has 1 aliphatic rings. The molecule has 2 rings (SSSR count). The van der Waals surface area contributed by atoms with Crippen LogP contribution in [-0.4, -0.2) is 25.2 Å². The van der Waals surface area contributed by atoms with Crippen molar-refractivity contribution in [2.45, 2.75) is 26.8 Å². The third-order valence-corrected chi connectivity index (χ3v) is 4.06. The molecular weight excluding hydrogens is 298 g/mol. The lowest BCUT2D eigenvalue weighted by atomic mass is 9.90. The number of likely N-dealkylation sites (N-methyl/N-ethyl adjacent to an activating group) is 1. The van der Waals surface area contributed by atoms with Crippen LogP contribution in [0.1, 0.15) is 29.7 Å². The highest BCUT2D eigenvalue weighted by molar-refractivity contribution is 7.80. The number of allylic oxidation sites excluding steroid dienone is 1. The number of ether oxygens (including phenoxy) is 1. The van der Waals surface area contributed by atoms with Crippen LogP contribution < -0.4 is 20.7 Å². The summed E-state index contributed by atoms with van der Waals surface area (Å²) in [6.07, 6.45) is 0. The Morgan fingerprint density at radius 3 is 2.55 bits per heavy atom. The van der Waals surface area contributed by atoms with Gasteiger partial charge in [0.1, 0.15) is 5.75 Å². The minimum absolute atomic E-state index is 0.127. The van der Waals surface area contributed by atoms with E-state index in [1.165, 1.54) is 0 Å². The van der Waals surface area contributed by atoms with Gasteiger partial charge in [-0.2, -0.15) is 0 Å². The third-order valence-electron chi connectivity index (χ3n) is 3.84. The molecule has 22 heavy (non-hydrogen) atoms. The van der Waals surface area contributed by atoms with Gasteiger partial charge in [0.25, 0.3) is 5.91 Å². The number of aryl methyl sites for hydroxylation is 2. The van der Waals surface area contributed by atoms with Crippen LogP contribution in [0.4, 0.5) is 0 Å². The van der Waals surface area contributed by atoms with Gasteiger partial charge in [0.15, 0.2) is 5.11 Å². The number of carbonyl (C=O) groups is 1. The van der Waals surface area contributed by atoms with Gasteiger partial charge in [-0.3, -0.25) is 4.79 Å². The van der Waals surface area contributed by atoms with E-state index in [1.807, 2.05) is 32.9 Å². The van der Waals surface area contributed by atoms with Crippen molar-refractivity contribution in [2.24, 2.45) is 0 Å². The molecule has 1 atom stereocenters. The van der Waals surface area contributed by atoms with Gasteiger partial charge in [-0.15, -0.1) is 0 Å². The zero-order valence-electron chi connectivity index (χ0n) is 13.5. The summed E-state index contributed by atoms with van der Waals surface area (Å²) < 4.78 is 5.36. The van der Waals surface area contributed by atoms with Crippen LogP contribution in [0.2, 0.25) is 0 Å². The molecule has 0 fully saturated rings. The molecule has 0 aliphatic carbocycles. The van der Waals surface area contributed by atoms with Crippen molar-refractivity contribution in [3.05, 3.63) is 40.1 Å². The summed E-state index contributed by atoms with van der Waals surface area (Å²) in [4.78, 5) is 12.3. The van der Waals surface area contributed by atoms with E-state index in [1.54, 1.807) is 14.2 Å². The molecule has 5 nitrogen and oxygen atoms in total. The summed E-state index contributed by atoms with van der Waals surface area (Å²) >= 11 is 5.25. The van der Waals surface area contributed by atoms with Crippen LogP contribution in [0.15, 0.2) is 23.4 Å².